The van der Waals surface area contributed by atoms with Gasteiger partial charge in [-0.3, -0.25) is 14.9 Å². The van der Waals surface area contributed by atoms with Crippen LogP contribution in [0.15, 0.2) is 36.4 Å². The lowest BCUT2D eigenvalue weighted by molar-refractivity contribution is -0.385. The number of hydrogen-bond donors (Lipinski definition) is 1. The third-order valence-electron chi connectivity index (χ3n) is 3.51. The Kier molecular flexibility index (Phi) is 5.36. The van der Waals surface area contributed by atoms with E-state index >= 15 is 0 Å². The molecule has 0 radical (unpaired) electrons. The molecule has 0 atom stereocenters. The molecule has 0 aliphatic heterocycles. The van der Waals surface area contributed by atoms with Gasteiger partial charge in [0.25, 0.3) is 5.91 Å². The first kappa shape index (κ1) is 17.3. The van der Waals surface area contributed by atoms with Gasteiger partial charge in [-0.1, -0.05) is 6.07 Å². The Hall–Kier alpha value is -3.09. The number of carbonyl (C=O) groups excluding carboxylic acids is 1. The molecule has 7 nitrogen and oxygen atoms in total. The summed E-state index contributed by atoms with van der Waals surface area (Å²) in [6, 6.07) is 9.74. The highest BCUT2D eigenvalue weighted by Gasteiger charge is 2.16. The van der Waals surface area contributed by atoms with Crippen molar-refractivity contribution in [2.24, 2.45) is 0 Å². The maximum atomic E-state index is 11.9. The number of nitrogens with one attached hydrogen (secondary N) is 1. The third-order valence-corrected chi connectivity index (χ3v) is 3.51. The Morgan fingerprint density at radius 3 is 2.54 bits per heavy atom. The van der Waals surface area contributed by atoms with Crippen molar-refractivity contribution < 1.29 is 19.2 Å². The molecule has 0 aromatic heterocycles. The molecule has 0 saturated heterocycles. The van der Waals surface area contributed by atoms with E-state index in [9.17, 15) is 14.9 Å². The largest absolute Gasteiger partial charge is 0.490 e. The molecule has 0 bridgehead atoms. The third kappa shape index (κ3) is 4.22. The van der Waals surface area contributed by atoms with Gasteiger partial charge in [0, 0.05) is 11.8 Å². The number of nitro groups is 1. The van der Waals surface area contributed by atoms with Gasteiger partial charge in [-0.25, -0.2) is 0 Å². The zero-order valence-corrected chi connectivity index (χ0v) is 13.7. The lowest BCUT2D eigenvalue weighted by atomic mass is 10.1. The minimum atomic E-state index is -0.569. The van der Waals surface area contributed by atoms with Crippen LogP contribution in [-0.4, -0.2) is 24.5 Å². The first-order valence-electron chi connectivity index (χ1n) is 7.23. The molecule has 2 aromatic rings. The van der Waals surface area contributed by atoms with Gasteiger partial charge in [-0.15, -0.1) is 0 Å². The number of hydrogen-bond acceptors (Lipinski definition) is 5. The smallest absolute Gasteiger partial charge is 0.312 e. The number of anilines is 1. The highest BCUT2D eigenvalue weighted by atomic mass is 16.6. The van der Waals surface area contributed by atoms with Crippen molar-refractivity contribution in [3.8, 4) is 11.5 Å². The molecule has 0 aliphatic rings. The summed E-state index contributed by atoms with van der Waals surface area (Å²) in [6.45, 7) is 3.75. The SMILES string of the molecule is COc1ccc(NC(=O)COc2ccc(C)c(C)c2)cc1[N+](=O)[O-]. The summed E-state index contributed by atoms with van der Waals surface area (Å²) in [5.74, 6) is 0.311. The number of aryl methyl sites for hydroxylation is 2. The number of amides is 1. The van der Waals surface area contributed by atoms with Gasteiger partial charge < -0.3 is 14.8 Å². The summed E-state index contributed by atoms with van der Waals surface area (Å²) in [6.07, 6.45) is 0. The van der Waals surface area contributed by atoms with Gasteiger partial charge in [-0.05, 0) is 49.2 Å². The van der Waals surface area contributed by atoms with Crippen LogP contribution in [0.1, 0.15) is 11.1 Å². The average Bonchev–Trinajstić information content (AvgIpc) is 2.55. The fourth-order valence-electron chi connectivity index (χ4n) is 2.06. The predicted molar refractivity (Wildman–Crippen MR) is 89.7 cm³/mol. The van der Waals surface area contributed by atoms with E-state index in [0.717, 1.165) is 11.1 Å². The molecular weight excluding hydrogens is 312 g/mol. The second-order valence-electron chi connectivity index (χ2n) is 5.23. The normalized spacial score (nSPS) is 10.1. The number of benzene rings is 2. The monoisotopic (exact) mass is 330 g/mol. The molecule has 0 spiro atoms. The predicted octanol–water partition coefficient (Wildman–Crippen LogP) is 3.24. The molecule has 2 aromatic carbocycles. The van der Waals surface area contributed by atoms with E-state index in [-0.39, 0.29) is 18.0 Å². The Labute approximate surface area is 139 Å². The van der Waals surface area contributed by atoms with E-state index in [1.54, 1.807) is 6.07 Å². The van der Waals surface area contributed by atoms with Crippen LogP contribution >= 0.6 is 0 Å². The molecule has 2 rings (SSSR count). The van der Waals surface area contributed by atoms with E-state index in [0.29, 0.717) is 11.4 Å². The van der Waals surface area contributed by atoms with Crippen LogP contribution in [-0.2, 0) is 4.79 Å². The summed E-state index contributed by atoms with van der Waals surface area (Å²) in [4.78, 5) is 22.3. The van der Waals surface area contributed by atoms with Crippen LogP contribution in [0.25, 0.3) is 0 Å². The molecule has 0 unspecified atom stereocenters. The van der Waals surface area contributed by atoms with Crippen molar-refractivity contribution in [1.29, 1.82) is 0 Å². The van der Waals surface area contributed by atoms with Gasteiger partial charge >= 0.3 is 5.69 Å². The fraction of sp³-hybridized carbons (Fsp3) is 0.235. The highest BCUT2D eigenvalue weighted by molar-refractivity contribution is 5.92. The van der Waals surface area contributed by atoms with Crippen molar-refractivity contribution in [3.63, 3.8) is 0 Å². The van der Waals surface area contributed by atoms with Crippen molar-refractivity contribution >= 4 is 17.3 Å². The molecule has 1 N–H and O–H groups in total. The molecule has 0 heterocycles. The van der Waals surface area contributed by atoms with Crippen LogP contribution in [0.4, 0.5) is 11.4 Å². The lowest BCUT2D eigenvalue weighted by Crippen LogP contribution is -2.20. The summed E-state index contributed by atoms with van der Waals surface area (Å²) < 4.78 is 10.3. The Balaban J connectivity index is 2.00. The number of rotatable bonds is 6. The van der Waals surface area contributed by atoms with Crippen LogP contribution in [0.2, 0.25) is 0 Å². The van der Waals surface area contributed by atoms with Gasteiger partial charge in [0.15, 0.2) is 12.4 Å². The van der Waals surface area contributed by atoms with Gasteiger partial charge in [0.1, 0.15) is 5.75 Å². The van der Waals surface area contributed by atoms with Crippen LogP contribution in [0.3, 0.4) is 0 Å². The Morgan fingerprint density at radius 1 is 1.17 bits per heavy atom. The zero-order valence-electron chi connectivity index (χ0n) is 13.7. The van der Waals surface area contributed by atoms with E-state index in [4.69, 9.17) is 9.47 Å². The second kappa shape index (κ2) is 7.45. The van der Waals surface area contributed by atoms with Crippen molar-refractivity contribution in [1.82, 2.24) is 0 Å². The number of methoxy groups -OCH3 is 1. The highest BCUT2D eigenvalue weighted by Crippen LogP contribution is 2.29. The maximum Gasteiger partial charge on any atom is 0.312 e. The van der Waals surface area contributed by atoms with Gasteiger partial charge in [0.2, 0.25) is 0 Å². The van der Waals surface area contributed by atoms with Gasteiger partial charge in [-0.2, -0.15) is 0 Å². The van der Waals surface area contributed by atoms with E-state index in [2.05, 4.69) is 5.32 Å². The topological polar surface area (TPSA) is 90.7 Å². The van der Waals surface area contributed by atoms with Crippen molar-refractivity contribution in [3.05, 3.63) is 57.6 Å². The Bertz CT molecular complexity index is 774. The van der Waals surface area contributed by atoms with E-state index in [1.165, 1.54) is 25.3 Å². The molecule has 1 amide bonds. The second-order valence-corrected chi connectivity index (χ2v) is 5.23. The summed E-state index contributed by atoms with van der Waals surface area (Å²) in [5.41, 5.74) is 2.29. The summed E-state index contributed by atoms with van der Waals surface area (Å²) >= 11 is 0. The number of carbonyl (C=O) groups is 1. The van der Waals surface area contributed by atoms with Crippen LogP contribution in [0.5, 0.6) is 11.5 Å². The number of ether oxygens (including phenoxy) is 2. The Morgan fingerprint density at radius 2 is 1.92 bits per heavy atom. The molecular formula is C17H18N2O5. The quantitative estimate of drug-likeness (QED) is 0.648. The minimum Gasteiger partial charge on any atom is -0.490 e. The molecule has 7 heteroatoms. The molecule has 0 fully saturated rings. The molecule has 0 saturated carbocycles. The van der Waals surface area contributed by atoms with Crippen LogP contribution < -0.4 is 14.8 Å². The average molecular weight is 330 g/mol. The fourth-order valence-corrected chi connectivity index (χ4v) is 2.06. The van der Waals surface area contributed by atoms with Crippen molar-refractivity contribution in [2.75, 3.05) is 19.0 Å². The zero-order chi connectivity index (χ0) is 17.7. The van der Waals surface area contributed by atoms with Crippen LogP contribution in [0, 0.1) is 24.0 Å². The molecule has 0 aliphatic carbocycles. The summed E-state index contributed by atoms with van der Waals surface area (Å²) in [7, 11) is 1.35. The lowest BCUT2D eigenvalue weighted by Gasteiger charge is -2.09. The molecule has 126 valence electrons. The van der Waals surface area contributed by atoms with E-state index in [1.807, 2.05) is 26.0 Å². The van der Waals surface area contributed by atoms with Gasteiger partial charge in [0.05, 0.1) is 12.0 Å². The van der Waals surface area contributed by atoms with E-state index < -0.39 is 10.8 Å². The standard InChI is InChI=1S/C17H18N2O5/c1-11-4-6-14(8-12(11)2)24-10-17(20)18-13-5-7-16(23-3)15(9-13)19(21)22/h4-9H,10H2,1-3H3,(H,18,20). The maximum absolute atomic E-state index is 11.9. The van der Waals surface area contributed by atoms with Crippen molar-refractivity contribution in [2.45, 2.75) is 13.8 Å². The first-order valence-corrected chi connectivity index (χ1v) is 7.23. The number of nitrogens with zero attached hydrogens (tertiary/aromatic N) is 1. The molecule has 24 heavy (non-hydrogen) atoms. The number of nitro benzene ring substituents is 1. The summed E-state index contributed by atoms with van der Waals surface area (Å²) in [5, 5.41) is 13.5. The first-order chi connectivity index (χ1) is 11.4. The minimum absolute atomic E-state index is 0.129.